The molecule has 3 nitrogen and oxygen atoms in total. The smallest absolute Gasteiger partial charge is 0.180 e. The molecule has 0 aliphatic heterocycles. The Kier molecular flexibility index (Phi) is 3.69. The zero-order chi connectivity index (χ0) is 11.4. The fourth-order valence-corrected chi connectivity index (χ4v) is 2.17. The number of rotatable bonds is 4. The van der Waals surface area contributed by atoms with E-state index in [4.69, 9.17) is 10.5 Å². The normalized spacial score (nSPS) is 10.3. The summed E-state index contributed by atoms with van der Waals surface area (Å²) >= 11 is 3.14. The molecule has 0 amide bonds. The van der Waals surface area contributed by atoms with E-state index in [-0.39, 0.29) is 0 Å². The lowest BCUT2D eigenvalue weighted by atomic mass is 10.3. The Bertz CT molecular complexity index is 453. The van der Waals surface area contributed by atoms with Crippen LogP contribution in [0.1, 0.15) is 5.69 Å². The number of aromatic nitrogens is 1. The summed E-state index contributed by atoms with van der Waals surface area (Å²) in [4.78, 5) is 5.35. The Morgan fingerprint density at radius 1 is 1.38 bits per heavy atom. The van der Waals surface area contributed by atoms with Crippen LogP contribution < -0.4 is 10.5 Å². The van der Waals surface area contributed by atoms with Crippen LogP contribution in [0.25, 0.3) is 0 Å². The average Bonchev–Trinajstić information content (AvgIpc) is 2.73. The lowest BCUT2D eigenvalue weighted by molar-refractivity contribution is 0.302. The number of thiazole rings is 1. The molecule has 0 saturated heterocycles. The number of nitrogen functional groups attached to an aromatic ring is 1. The molecule has 2 aromatic rings. The van der Waals surface area contributed by atoms with Gasteiger partial charge >= 0.3 is 0 Å². The molecule has 0 unspecified atom stereocenters. The van der Waals surface area contributed by atoms with Gasteiger partial charge in [-0.2, -0.15) is 0 Å². The van der Waals surface area contributed by atoms with E-state index in [0.29, 0.717) is 11.7 Å². The van der Waals surface area contributed by atoms with Gasteiger partial charge in [-0.1, -0.05) is 0 Å². The van der Waals surface area contributed by atoms with Crippen LogP contribution in [0.3, 0.4) is 0 Å². The zero-order valence-electron chi connectivity index (χ0n) is 8.84. The van der Waals surface area contributed by atoms with Gasteiger partial charge in [-0.05, 0) is 30.5 Å². The van der Waals surface area contributed by atoms with Crippen LogP contribution in [0.15, 0.2) is 34.5 Å². The molecule has 2 N–H and O–H groups in total. The van der Waals surface area contributed by atoms with Crippen LogP contribution in [0.4, 0.5) is 5.13 Å². The van der Waals surface area contributed by atoms with Gasteiger partial charge < -0.3 is 10.5 Å². The Labute approximate surface area is 103 Å². The van der Waals surface area contributed by atoms with Crippen molar-refractivity contribution in [1.29, 1.82) is 0 Å². The molecule has 0 aliphatic carbocycles. The average molecular weight is 252 g/mol. The molecule has 16 heavy (non-hydrogen) atoms. The molecule has 0 spiro atoms. The molecule has 0 fully saturated rings. The third-order valence-electron chi connectivity index (χ3n) is 2.02. The summed E-state index contributed by atoms with van der Waals surface area (Å²) in [7, 11) is 0. The van der Waals surface area contributed by atoms with Gasteiger partial charge in [0.2, 0.25) is 0 Å². The minimum atomic E-state index is 0.465. The highest BCUT2D eigenvalue weighted by Gasteiger charge is 2.00. The molecule has 2 rings (SSSR count). The minimum absolute atomic E-state index is 0.465. The number of nitrogens with two attached hydrogens (primary N) is 1. The predicted molar refractivity (Wildman–Crippen MR) is 69.1 cm³/mol. The SMILES string of the molecule is CSc1ccc(OCc2csc(N)n2)cc1. The Morgan fingerprint density at radius 3 is 2.69 bits per heavy atom. The van der Waals surface area contributed by atoms with E-state index in [1.165, 1.54) is 16.2 Å². The monoisotopic (exact) mass is 252 g/mol. The molecule has 0 bridgehead atoms. The summed E-state index contributed by atoms with van der Waals surface area (Å²) in [5.41, 5.74) is 6.41. The fourth-order valence-electron chi connectivity index (χ4n) is 1.22. The number of ether oxygens (including phenoxy) is 1. The second kappa shape index (κ2) is 5.23. The van der Waals surface area contributed by atoms with Crippen molar-refractivity contribution in [2.24, 2.45) is 0 Å². The van der Waals surface area contributed by atoms with Crippen molar-refractivity contribution in [2.45, 2.75) is 11.5 Å². The first-order valence-corrected chi connectivity index (χ1v) is 6.85. The van der Waals surface area contributed by atoms with E-state index in [0.717, 1.165) is 11.4 Å². The van der Waals surface area contributed by atoms with Gasteiger partial charge in [-0.25, -0.2) is 4.98 Å². The number of benzene rings is 1. The largest absolute Gasteiger partial charge is 0.487 e. The van der Waals surface area contributed by atoms with Gasteiger partial charge in [0.05, 0.1) is 5.69 Å². The van der Waals surface area contributed by atoms with Crippen molar-refractivity contribution in [3.8, 4) is 5.75 Å². The number of anilines is 1. The maximum absolute atomic E-state index is 5.58. The predicted octanol–water partition coefficient (Wildman–Crippen LogP) is 3.03. The van der Waals surface area contributed by atoms with E-state index in [2.05, 4.69) is 4.98 Å². The van der Waals surface area contributed by atoms with Crippen molar-refractivity contribution in [2.75, 3.05) is 12.0 Å². The van der Waals surface area contributed by atoms with Crippen molar-refractivity contribution in [3.05, 3.63) is 35.3 Å². The van der Waals surface area contributed by atoms with Crippen LogP contribution >= 0.6 is 23.1 Å². The topological polar surface area (TPSA) is 48.1 Å². The van der Waals surface area contributed by atoms with Crippen LogP contribution in [-0.4, -0.2) is 11.2 Å². The molecule has 0 radical (unpaired) electrons. The second-order valence-corrected chi connectivity index (χ2v) is 4.91. The number of nitrogens with zero attached hydrogens (tertiary/aromatic N) is 1. The molecular formula is C11H12N2OS2. The fraction of sp³-hybridized carbons (Fsp3) is 0.182. The summed E-state index contributed by atoms with van der Waals surface area (Å²) in [5, 5.41) is 2.49. The third-order valence-corrected chi connectivity index (χ3v) is 3.48. The maximum Gasteiger partial charge on any atom is 0.180 e. The van der Waals surface area contributed by atoms with Gasteiger partial charge in [-0.3, -0.25) is 0 Å². The summed E-state index contributed by atoms with van der Waals surface area (Å²) < 4.78 is 5.58. The first kappa shape index (κ1) is 11.3. The van der Waals surface area contributed by atoms with E-state index < -0.39 is 0 Å². The van der Waals surface area contributed by atoms with E-state index in [1.54, 1.807) is 11.8 Å². The summed E-state index contributed by atoms with van der Waals surface area (Å²) in [6.07, 6.45) is 2.05. The molecule has 1 aromatic carbocycles. The van der Waals surface area contributed by atoms with Crippen LogP contribution in [0, 0.1) is 0 Å². The van der Waals surface area contributed by atoms with Crippen molar-refractivity contribution >= 4 is 28.2 Å². The summed E-state index contributed by atoms with van der Waals surface area (Å²) in [6.45, 7) is 0.465. The number of hydrogen-bond donors (Lipinski definition) is 1. The molecule has 84 valence electrons. The maximum atomic E-state index is 5.58. The summed E-state index contributed by atoms with van der Waals surface area (Å²) in [6, 6.07) is 7.99. The van der Waals surface area contributed by atoms with E-state index in [9.17, 15) is 0 Å². The van der Waals surface area contributed by atoms with E-state index >= 15 is 0 Å². The van der Waals surface area contributed by atoms with Crippen molar-refractivity contribution in [3.63, 3.8) is 0 Å². The zero-order valence-corrected chi connectivity index (χ0v) is 10.5. The standard InChI is InChI=1S/C11H12N2OS2/c1-15-10-4-2-9(3-5-10)14-6-8-7-16-11(12)13-8/h2-5,7H,6H2,1H3,(H2,12,13). The first-order valence-electron chi connectivity index (χ1n) is 4.74. The molecule has 1 heterocycles. The third kappa shape index (κ3) is 2.90. The van der Waals surface area contributed by atoms with Gasteiger partial charge in [0.1, 0.15) is 12.4 Å². The quantitative estimate of drug-likeness (QED) is 0.850. The number of hydrogen-bond acceptors (Lipinski definition) is 5. The highest BCUT2D eigenvalue weighted by Crippen LogP contribution is 2.20. The molecule has 5 heteroatoms. The molecule has 1 aromatic heterocycles. The van der Waals surface area contributed by atoms with Crippen LogP contribution in [0.5, 0.6) is 5.75 Å². The molecular weight excluding hydrogens is 240 g/mol. The minimum Gasteiger partial charge on any atom is -0.487 e. The van der Waals surface area contributed by atoms with Gasteiger partial charge in [0.15, 0.2) is 5.13 Å². The van der Waals surface area contributed by atoms with Crippen molar-refractivity contribution < 1.29 is 4.74 Å². The lowest BCUT2D eigenvalue weighted by Gasteiger charge is -2.04. The Balaban J connectivity index is 1.94. The van der Waals surface area contributed by atoms with E-state index in [1.807, 2.05) is 35.9 Å². The number of thioether (sulfide) groups is 1. The van der Waals surface area contributed by atoms with Crippen LogP contribution in [-0.2, 0) is 6.61 Å². The Hall–Kier alpha value is -1.20. The lowest BCUT2D eigenvalue weighted by Crippen LogP contribution is -1.96. The Morgan fingerprint density at radius 2 is 2.12 bits per heavy atom. The van der Waals surface area contributed by atoms with Gasteiger partial charge in [0, 0.05) is 10.3 Å². The van der Waals surface area contributed by atoms with Gasteiger partial charge in [-0.15, -0.1) is 23.1 Å². The molecule has 0 aliphatic rings. The highest BCUT2D eigenvalue weighted by atomic mass is 32.2. The van der Waals surface area contributed by atoms with Crippen molar-refractivity contribution in [1.82, 2.24) is 4.98 Å². The second-order valence-electron chi connectivity index (χ2n) is 3.14. The van der Waals surface area contributed by atoms with Crippen LogP contribution in [0.2, 0.25) is 0 Å². The van der Waals surface area contributed by atoms with Gasteiger partial charge in [0.25, 0.3) is 0 Å². The molecule has 0 atom stereocenters. The summed E-state index contributed by atoms with van der Waals surface area (Å²) in [5.74, 6) is 0.851. The first-order chi connectivity index (χ1) is 7.78. The highest BCUT2D eigenvalue weighted by molar-refractivity contribution is 7.98. The molecule has 0 saturated carbocycles.